The average molecular weight is 490 g/mol. The maximum atomic E-state index is 6.67. The Kier molecular flexibility index (Phi) is 5.14. The lowest BCUT2D eigenvalue weighted by Crippen LogP contribution is -2.14. The third kappa shape index (κ3) is 3.41. The molecule has 0 bridgehead atoms. The smallest absolute Gasteiger partial charge is 0.153 e. The SMILES string of the molecule is Cc1cccc(C)c1-c1cnc(-c2cccc3c2oc2c3ccc3c(C)c(C)sc32)cc1C(C)(C)C. The van der Waals surface area contributed by atoms with Crippen molar-refractivity contribution in [3.8, 4) is 22.4 Å². The Morgan fingerprint density at radius 3 is 2.14 bits per heavy atom. The van der Waals surface area contributed by atoms with Crippen molar-refractivity contribution in [3.63, 3.8) is 0 Å². The minimum atomic E-state index is -0.0400. The first-order chi connectivity index (χ1) is 17.1. The standard InChI is InChI=1S/C33H31NOS/c1-18-10-8-11-19(2)29(18)26-17-34-28(16-27(26)33(5,6)7)25-13-9-12-23-24-15-14-22-20(3)21(4)36-32(22)31(24)35-30(23)25/h8-17H,1-7H3. The highest BCUT2D eigenvalue weighted by Gasteiger charge is 2.24. The van der Waals surface area contributed by atoms with Gasteiger partial charge in [0.15, 0.2) is 5.58 Å². The van der Waals surface area contributed by atoms with Gasteiger partial charge in [0.2, 0.25) is 0 Å². The summed E-state index contributed by atoms with van der Waals surface area (Å²) in [6.07, 6.45) is 2.07. The van der Waals surface area contributed by atoms with E-state index in [9.17, 15) is 0 Å². The summed E-state index contributed by atoms with van der Waals surface area (Å²) < 4.78 is 7.90. The van der Waals surface area contributed by atoms with E-state index in [1.165, 1.54) is 53.7 Å². The number of fused-ring (bicyclic) bond motifs is 5. The molecule has 0 unspecified atom stereocenters. The molecule has 36 heavy (non-hydrogen) atoms. The van der Waals surface area contributed by atoms with E-state index in [0.717, 1.165) is 27.8 Å². The molecule has 2 nitrogen and oxygen atoms in total. The number of hydrogen-bond donors (Lipinski definition) is 0. The second kappa shape index (κ2) is 8.04. The van der Waals surface area contributed by atoms with Crippen LogP contribution in [0.5, 0.6) is 0 Å². The first-order valence-electron chi connectivity index (χ1n) is 12.6. The van der Waals surface area contributed by atoms with Crippen molar-refractivity contribution in [2.75, 3.05) is 0 Å². The van der Waals surface area contributed by atoms with Gasteiger partial charge in [0, 0.05) is 33.0 Å². The van der Waals surface area contributed by atoms with Gasteiger partial charge in [-0.3, -0.25) is 4.98 Å². The van der Waals surface area contributed by atoms with Crippen LogP contribution in [0.2, 0.25) is 0 Å². The molecule has 6 rings (SSSR count). The maximum Gasteiger partial charge on any atom is 0.153 e. The Hall–Kier alpha value is -3.43. The van der Waals surface area contributed by atoms with Crippen LogP contribution in [0.4, 0.5) is 0 Å². The molecular formula is C33H31NOS. The number of thiophene rings is 1. The van der Waals surface area contributed by atoms with Crippen LogP contribution < -0.4 is 0 Å². The number of rotatable bonds is 2. The molecule has 0 aliphatic carbocycles. The molecule has 3 heterocycles. The molecule has 0 saturated heterocycles. The van der Waals surface area contributed by atoms with Gasteiger partial charge in [-0.15, -0.1) is 11.3 Å². The second-order valence-electron chi connectivity index (χ2n) is 11.0. The molecule has 0 spiro atoms. The van der Waals surface area contributed by atoms with E-state index in [1.807, 2.05) is 11.3 Å². The number of pyridine rings is 1. The predicted molar refractivity (Wildman–Crippen MR) is 155 cm³/mol. The summed E-state index contributed by atoms with van der Waals surface area (Å²) in [7, 11) is 0. The van der Waals surface area contributed by atoms with E-state index in [-0.39, 0.29) is 5.41 Å². The van der Waals surface area contributed by atoms with Crippen LogP contribution in [0, 0.1) is 27.7 Å². The highest BCUT2D eigenvalue weighted by atomic mass is 32.1. The van der Waals surface area contributed by atoms with Gasteiger partial charge in [0.1, 0.15) is 5.58 Å². The zero-order valence-electron chi connectivity index (χ0n) is 22.0. The molecule has 3 heteroatoms. The Balaban J connectivity index is 1.62. The minimum Gasteiger partial charge on any atom is -0.454 e. The number of aromatic nitrogens is 1. The van der Waals surface area contributed by atoms with E-state index >= 15 is 0 Å². The van der Waals surface area contributed by atoms with Crippen molar-refractivity contribution < 1.29 is 4.42 Å². The van der Waals surface area contributed by atoms with Crippen molar-refractivity contribution in [2.24, 2.45) is 0 Å². The van der Waals surface area contributed by atoms with Gasteiger partial charge in [-0.25, -0.2) is 0 Å². The summed E-state index contributed by atoms with van der Waals surface area (Å²) >= 11 is 1.82. The van der Waals surface area contributed by atoms with Gasteiger partial charge in [-0.2, -0.15) is 0 Å². The van der Waals surface area contributed by atoms with Crippen molar-refractivity contribution in [1.82, 2.24) is 4.98 Å². The summed E-state index contributed by atoms with van der Waals surface area (Å²) in [4.78, 5) is 6.37. The number of furan rings is 1. The summed E-state index contributed by atoms with van der Waals surface area (Å²) in [6, 6.07) is 19.7. The number of benzene rings is 3. The van der Waals surface area contributed by atoms with Gasteiger partial charge in [0.05, 0.1) is 10.4 Å². The fraction of sp³-hybridized carbons (Fsp3) is 0.242. The highest BCUT2D eigenvalue weighted by molar-refractivity contribution is 7.20. The molecule has 0 radical (unpaired) electrons. The maximum absolute atomic E-state index is 6.67. The number of para-hydroxylation sites is 1. The lowest BCUT2D eigenvalue weighted by Gasteiger charge is -2.25. The van der Waals surface area contributed by atoms with Crippen molar-refractivity contribution >= 4 is 43.4 Å². The molecule has 6 aromatic rings. The van der Waals surface area contributed by atoms with Crippen LogP contribution in [0.15, 0.2) is 65.2 Å². The monoisotopic (exact) mass is 489 g/mol. The van der Waals surface area contributed by atoms with Crippen LogP contribution in [-0.2, 0) is 5.41 Å². The molecule has 0 saturated carbocycles. The fourth-order valence-electron chi connectivity index (χ4n) is 5.52. The van der Waals surface area contributed by atoms with Crippen molar-refractivity contribution in [2.45, 2.75) is 53.9 Å². The van der Waals surface area contributed by atoms with E-state index in [4.69, 9.17) is 9.40 Å². The van der Waals surface area contributed by atoms with E-state index in [1.54, 1.807) is 0 Å². The quantitative estimate of drug-likeness (QED) is 0.242. The Morgan fingerprint density at radius 2 is 1.42 bits per heavy atom. The highest BCUT2D eigenvalue weighted by Crippen LogP contribution is 2.43. The third-order valence-corrected chi connectivity index (χ3v) is 8.77. The van der Waals surface area contributed by atoms with Crippen molar-refractivity contribution in [1.29, 1.82) is 0 Å². The third-order valence-electron chi connectivity index (χ3n) is 7.55. The number of aryl methyl sites for hydroxylation is 4. The van der Waals surface area contributed by atoms with Crippen LogP contribution in [0.25, 0.3) is 54.4 Å². The van der Waals surface area contributed by atoms with Gasteiger partial charge in [0.25, 0.3) is 0 Å². The summed E-state index contributed by atoms with van der Waals surface area (Å²) in [6.45, 7) is 15.6. The summed E-state index contributed by atoms with van der Waals surface area (Å²) in [5, 5.41) is 3.60. The fourth-order valence-corrected chi connectivity index (χ4v) is 6.66. The molecule has 0 aliphatic rings. The minimum absolute atomic E-state index is 0.0400. The first kappa shape index (κ1) is 23.0. The number of hydrogen-bond acceptors (Lipinski definition) is 3. The Morgan fingerprint density at radius 1 is 0.750 bits per heavy atom. The average Bonchev–Trinajstić information content (AvgIpc) is 3.36. The Labute approximate surface area is 216 Å². The molecule has 3 aromatic carbocycles. The van der Waals surface area contributed by atoms with E-state index < -0.39 is 0 Å². The lowest BCUT2D eigenvalue weighted by atomic mass is 9.80. The van der Waals surface area contributed by atoms with Crippen LogP contribution >= 0.6 is 11.3 Å². The van der Waals surface area contributed by atoms with Gasteiger partial charge < -0.3 is 4.42 Å². The zero-order valence-corrected chi connectivity index (χ0v) is 22.9. The van der Waals surface area contributed by atoms with Crippen LogP contribution in [0.3, 0.4) is 0 Å². The predicted octanol–water partition coefficient (Wildman–Crippen LogP) is 10.1. The summed E-state index contributed by atoms with van der Waals surface area (Å²) in [5.41, 5.74) is 11.5. The van der Waals surface area contributed by atoms with E-state index in [2.05, 4.69) is 109 Å². The molecule has 180 valence electrons. The Bertz CT molecular complexity index is 1790. The van der Waals surface area contributed by atoms with Crippen LogP contribution in [-0.4, -0.2) is 4.98 Å². The number of nitrogens with zero attached hydrogens (tertiary/aromatic N) is 1. The zero-order chi connectivity index (χ0) is 25.4. The van der Waals surface area contributed by atoms with Gasteiger partial charge in [-0.1, -0.05) is 57.2 Å². The first-order valence-corrected chi connectivity index (χ1v) is 13.4. The molecule has 0 aliphatic heterocycles. The molecule has 3 aromatic heterocycles. The normalized spacial score (nSPS) is 12.3. The van der Waals surface area contributed by atoms with Crippen molar-refractivity contribution in [3.05, 3.63) is 87.9 Å². The molecule has 0 amide bonds. The van der Waals surface area contributed by atoms with Crippen LogP contribution in [0.1, 0.15) is 47.9 Å². The molecular weight excluding hydrogens is 458 g/mol. The summed E-state index contributed by atoms with van der Waals surface area (Å²) in [5.74, 6) is 0. The second-order valence-corrected chi connectivity index (χ2v) is 12.2. The topological polar surface area (TPSA) is 26.0 Å². The molecule has 0 fully saturated rings. The lowest BCUT2D eigenvalue weighted by molar-refractivity contribution is 0.591. The largest absolute Gasteiger partial charge is 0.454 e. The van der Waals surface area contributed by atoms with Gasteiger partial charge in [-0.05, 0) is 84.5 Å². The van der Waals surface area contributed by atoms with E-state index in [0.29, 0.717) is 0 Å². The molecule has 0 atom stereocenters. The molecule has 0 N–H and O–H groups in total. The van der Waals surface area contributed by atoms with Gasteiger partial charge >= 0.3 is 0 Å².